The van der Waals surface area contributed by atoms with Crippen molar-refractivity contribution in [3.8, 4) is 11.4 Å². The molecule has 2 aromatic carbocycles. The molecule has 12 nitrogen and oxygen atoms in total. The highest BCUT2D eigenvalue weighted by Gasteiger charge is 2.31. The maximum atomic E-state index is 13.2. The van der Waals surface area contributed by atoms with E-state index in [1.165, 1.54) is 0 Å². The van der Waals surface area contributed by atoms with Crippen molar-refractivity contribution in [2.45, 2.75) is 51.3 Å². The molecule has 0 bridgehead atoms. The summed E-state index contributed by atoms with van der Waals surface area (Å²) in [4.78, 5) is 37.7. The maximum Gasteiger partial charge on any atom is 0.410 e. The number of nitrogens with one attached hydrogen (secondary N) is 2. The minimum atomic E-state index is -0.788. The summed E-state index contributed by atoms with van der Waals surface area (Å²) in [5.74, 6) is 1.11. The molecule has 2 fully saturated rings. The van der Waals surface area contributed by atoms with Crippen LogP contribution in [0.15, 0.2) is 60.9 Å². The number of benzene rings is 2. The van der Waals surface area contributed by atoms with Crippen molar-refractivity contribution in [3.05, 3.63) is 72.1 Å². The highest BCUT2D eigenvalue weighted by molar-refractivity contribution is 5.95. The lowest BCUT2D eigenvalue weighted by Crippen LogP contribution is -2.44. The smallest absolute Gasteiger partial charge is 0.410 e. The first-order valence-electron chi connectivity index (χ1n) is 14.7. The van der Waals surface area contributed by atoms with Crippen molar-refractivity contribution in [1.82, 2.24) is 39.6 Å². The normalized spacial score (nSPS) is 17.3. The van der Waals surface area contributed by atoms with Gasteiger partial charge in [-0.3, -0.25) is 9.48 Å². The third-order valence-electron chi connectivity index (χ3n) is 7.91. The molecule has 0 spiro atoms. The van der Waals surface area contributed by atoms with Gasteiger partial charge in [0.1, 0.15) is 12.6 Å². The molecule has 220 valence electrons. The highest BCUT2D eigenvalue weighted by atomic mass is 16.6. The zero-order valence-electron chi connectivity index (χ0n) is 24.1. The summed E-state index contributed by atoms with van der Waals surface area (Å²) < 4.78 is 9.09. The lowest BCUT2D eigenvalue weighted by molar-refractivity contribution is -0.121. The second-order valence-corrected chi connectivity index (χ2v) is 11.4. The molecule has 1 saturated carbocycles. The van der Waals surface area contributed by atoms with Gasteiger partial charge in [-0.25, -0.2) is 14.8 Å². The average molecular weight is 580 g/mol. The summed E-state index contributed by atoms with van der Waals surface area (Å²) in [5, 5.41) is 16.4. The van der Waals surface area contributed by atoms with E-state index < -0.39 is 12.1 Å². The van der Waals surface area contributed by atoms with E-state index in [4.69, 9.17) is 19.8 Å². The fourth-order valence-corrected chi connectivity index (χ4v) is 5.40. The van der Waals surface area contributed by atoms with Gasteiger partial charge in [0, 0.05) is 30.7 Å². The Morgan fingerprint density at radius 3 is 2.72 bits per heavy atom. The third kappa shape index (κ3) is 5.36. The molecule has 12 heteroatoms. The number of hydrogen-bond acceptors (Lipinski definition) is 8. The van der Waals surface area contributed by atoms with Gasteiger partial charge in [-0.1, -0.05) is 42.5 Å². The highest BCUT2D eigenvalue weighted by Crippen LogP contribution is 2.43. The van der Waals surface area contributed by atoms with E-state index in [2.05, 4.69) is 35.6 Å². The molecular weight excluding hydrogens is 546 g/mol. The number of aromatic nitrogens is 6. The van der Waals surface area contributed by atoms with E-state index in [1.807, 2.05) is 53.3 Å². The van der Waals surface area contributed by atoms with Crippen LogP contribution in [0.3, 0.4) is 0 Å². The number of carbonyl (C=O) groups is 2. The molecule has 1 aliphatic carbocycles. The van der Waals surface area contributed by atoms with E-state index in [1.54, 1.807) is 15.6 Å². The van der Waals surface area contributed by atoms with Crippen LogP contribution in [-0.2, 0) is 16.1 Å². The molecule has 1 atom stereocenters. The van der Waals surface area contributed by atoms with E-state index in [0.29, 0.717) is 36.4 Å². The number of ether oxygens (including phenoxy) is 1. The Morgan fingerprint density at radius 2 is 1.95 bits per heavy atom. The number of hydrogen-bond donors (Lipinski definition) is 2. The zero-order chi connectivity index (χ0) is 29.5. The van der Waals surface area contributed by atoms with Crippen molar-refractivity contribution >= 4 is 34.5 Å². The van der Waals surface area contributed by atoms with Crippen molar-refractivity contribution in [2.75, 3.05) is 25.0 Å². The van der Waals surface area contributed by atoms with Crippen LogP contribution >= 0.6 is 0 Å². The summed E-state index contributed by atoms with van der Waals surface area (Å²) in [7, 11) is 0. The largest absolute Gasteiger partial charge is 0.445 e. The van der Waals surface area contributed by atoms with E-state index in [-0.39, 0.29) is 25.1 Å². The van der Waals surface area contributed by atoms with Crippen LogP contribution in [-0.4, -0.2) is 71.9 Å². The summed E-state index contributed by atoms with van der Waals surface area (Å²) >= 11 is 0. The Kier molecular flexibility index (Phi) is 6.88. The van der Waals surface area contributed by atoms with Crippen molar-refractivity contribution < 1.29 is 14.3 Å². The van der Waals surface area contributed by atoms with Crippen LogP contribution < -0.4 is 10.6 Å². The average Bonchev–Trinajstić information content (AvgIpc) is 3.60. The number of anilines is 1. The minimum Gasteiger partial charge on any atom is -0.445 e. The van der Waals surface area contributed by atoms with E-state index in [9.17, 15) is 9.59 Å². The summed E-state index contributed by atoms with van der Waals surface area (Å²) in [5.41, 5.74) is 4.32. The molecule has 7 rings (SSSR count). The second kappa shape index (κ2) is 11.0. The Balaban J connectivity index is 1.23. The number of carbonyl (C=O) groups excluding carboxylic acids is 2. The van der Waals surface area contributed by atoms with Gasteiger partial charge in [-0.05, 0) is 49.8 Å². The fourth-order valence-electron chi connectivity index (χ4n) is 5.40. The second-order valence-electron chi connectivity index (χ2n) is 11.4. The van der Waals surface area contributed by atoms with E-state index in [0.717, 1.165) is 40.4 Å². The Hall–Kier alpha value is -5.00. The van der Waals surface area contributed by atoms with Crippen molar-refractivity contribution in [1.29, 1.82) is 0 Å². The van der Waals surface area contributed by atoms with Gasteiger partial charge >= 0.3 is 6.09 Å². The summed E-state index contributed by atoms with van der Waals surface area (Å²) in [6, 6.07) is 15.1. The van der Waals surface area contributed by atoms with Crippen LogP contribution in [0.2, 0.25) is 0 Å². The van der Waals surface area contributed by atoms with Gasteiger partial charge in [0.25, 0.3) is 0 Å². The lowest BCUT2D eigenvalue weighted by Gasteiger charge is -2.23. The number of fused-ring (bicyclic) bond motifs is 3. The number of amides is 2. The minimum absolute atomic E-state index is 0.105. The quantitative estimate of drug-likeness (QED) is 0.294. The Morgan fingerprint density at radius 1 is 1.12 bits per heavy atom. The Labute approximate surface area is 248 Å². The predicted molar refractivity (Wildman–Crippen MR) is 160 cm³/mol. The molecule has 0 radical (unpaired) electrons. The van der Waals surface area contributed by atoms with E-state index >= 15 is 0 Å². The predicted octanol–water partition coefficient (Wildman–Crippen LogP) is 4.15. The van der Waals surface area contributed by atoms with Gasteiger partial charge in [0.15, 0.2) is 11.5 Å². The van der Waals surface area contributed by atoms with Crippen LogP contribution in [0.5, 0.6) is 0 Å². The van der Waals surface area contributed by atoms with Crippen LogP contribution in [0.1, 0.15) is 49.8 Å². The van der Waals surface area contributed by atoms with Gasteiger partial charge in [0.2, 0.25) is 11.9 Å². The summed E-state index contributed by atoms with van der Waals surface area (Å²) in [6.45, 7) is 5.03. The SMILES string of the molecule is CC(C)n1cc(-c2nc3c4cccc(C5CC5)c4nc(N[C@@H]4CN(C(=O)OCc5ccccc5)CCNC4=O)n3n2)cn1. The molecule has 4 heterocycles. The number of rotatable bonds is 7. The maximum absolute atomic E-state index is 13.2. The van der Waals surface area contributed by atoms with Crippen LogP contribution in [0, 0.1) is 0 Å². The van der Waals surface area contributed by atoms with Gasteiger partial charge in [-0.2, -0.15) is 9.61 Å². The van der Waals surface area contributed by atoms with Crippen LogP contribution in [0.4, 0.5) is 10.7 Å². The summed E-state index contributed by atoms with van der Waals surface area (Å²) in [6.07, 6.45) is 5.43. The first kappa shape index (κ1) is 26.9. The molecule has 1 aliphatic heterocycles. The number of para-hydroxylation sites is 1. The molecule has 2 amide bonds. The topological polar surface area (TPSA) is 132 Å². The monoisotopic (exact) mass is 579 g/mol. The molecule has 1 saturated heterocycles. The number of nitrogens with zero attached hydrogens (tertiary/aromatic N) is 7. The fraction of sp³-hybridized carbons (Fsp3) is 0.355. The van der Waals surface area contributed by atoms with Gasteiger partial charge in [0.05, 0.1) is 23.8 Å². The van der Waals surface area contributed by atoms with Gasteiger partial charge < -0.3 is 20.3 Å². The zero-order valence-corrected chi connectivity index (χ0v) is 24.1. The standard InChI is InChI=1S/C31H33N9O3/c1-19(2)39-16-22(15-33-39)27-36-28-24-10-6-9-23(21-11-12-21)26(24)35-30(40(28)37-27)34-25-17-38(14-13-32-29(25)41)31(42)43-18-20-7-4-3-5-8-20/h3-10,15-16,19,21,25H,11-14,17-18H2,1-2H3,(H,32,41)(H,34,35)/t25-/m1/s1. The first-order valence-corrected chi connectivity index (χ1v) is 14.7. The molecule has 0 unspecified atom stereocenters. The molecule has 5 aromatic rings. The molecule has 3 aromatic heterocycles. The molecule has 2 N–H and O–H groups in total. The molecular formula is C31H33N9O3. The third-order valence-corrected chi connectivity index (χ3v) is 7.91. The lowest BCUT2D eigenvalue weighted by atomic mass is 10.1. The Bertz CT molecular complexity index is 1810. The molecule has 43 heavy (non-hydrogen) atoms. The van der Waals surface area contributed by atoms with Crippen molar-refractivity contribution in [2.24, 2.45) is 0 Å². The van der Waals surface area contributed by atoms with Crippen LogP contribution in [0.25, 0.3) is 27.9 Å². The molecule has 2 aliphatic rings. The first-order chi connectivity index (χ1) is 20.9. The van der Waals surface area contributed by atoms with Gasteiger partial charge in [-0.15, -0.1) is 5.10 Å². The van der Waals surface area contributed by atoms with Crippen molar-refractivity contribution in [3.63, 3.8) is 0 Å².